The minimum Gasteiger partial charge on any atom is -0.356 e. The minimum atomic E-state index is 0.902. The summed E-state index contributed by atoms with van der Waals surface area (Å²) in [6.07, 6.45) is 7.24. The van der Waals surface area contributed by atoms with Gasteiger partial charge >= 0.3 is 0 Å². The third kappa shape index (κ3) is 2.73. The Morgan fingerprint density at radius 2 is 2.00 bits per heavy atom. The lowest BCUT2D eigenvalue weighted by atomic mass is 10.2. The van der Waals surface area contributed by atoms with Gasteiger partial charge in [-0.05, 0) is 26.0 Å². The van der Waals surface area contributed by atoms with Crippen LogP contribution in [-0.2, 0) is 6.54 Å². The molecule has 1 aliphatic rings. The van der Waals surface area contributed by atoms with Crippen molar-refractivity contribution in [1.82, 2.24) is 10.3 Å². The van der Waals surface area contributed by atoms with E-state index in [0.717, 1.165) is 19.6 Å². The van der Waals surface area contributed by atoms with Gasteiger partial charge in [-0.25, -0.2) is 4.98 Å². The van der Waals surface area contributed by atoms with Crippen LogP contribution in [0.15, 0.2) is 18.3 Å². The monoisotopic (exact) mass is 219 g/mol. The van der Waals surface area contributed by atoms with Gasteiger partial charge in [0.15, 0.2) is 0 Å². The molecule has 3 heteroatoms. The first-order valence-corrected chi connectivity index (χ1v) is 6.25. The number of anilines is 1. The van der Waals surface area contributed by atoms with E-state index in [1.54, 1.807) is 0 Å². The summed E-state index contributed by atoms with van der Waals surface area (Å²) in [6.45, 7) is 3.22. The van der Waals surface area contributed by atoms with Gasteiger partial charge in [0.05, 0.1) is 0 Å². The van der Waals surface area contributed by atoms with Gasteiger partial charge in [-0.2, -0.15) is 0 Å². The second-order valence-corrected chi connectivity index (χ2v) is 4.42. The molecule has 0 atom stereocenters. The first-order chi connectivity index (χ1) is 7.92. The van der Waals surface area contributed by atoms with Crippen LogP contribution in [0.3, 0.4) is 0 Å². The third-order valence-electron chi connectivity index (χ3n) is 3.14. The number of nitrogens with one attached hydrogen (secondary N) is 1. The number of hydrogen-bond donors (Lipinski definition) is 1. The van der Waals surface area contributed by atoms with E-state index in [1.807, 2.05) is 19.3 Å². The van der Waals surface area contributed by atoms with Crippen LogP contribution < -0.4 is 10.2 Å². The Morgan fingerprint density at radius 1 is 1.25 bits per heavy atom. The van der Waals surface area contributed by atoms with Gasteiger partial charge in [-0.15, -0.1) is 0 Å². The summed E-state index contributed by atoms with van der Waals surface area (Å²) in [6, 6.07) is 4.19. The maximum atomic E-state index is 4.55. The van der Waals surface area contributed by atoms with E-state index in [9.17, 15) is 0 Å². The number of hydrogen-bond acceptors (Lipinski definition) is 3. The Morgan fingerprint density at radius 3 is 2.69 bits per heavy atom. The van der Waals surface area contributed by atoms with Crippen LogP contribution in [0.2, 0.25) is 0 Å². The van der Waals surface area contributed by atoms with Gasteiger partial charge in [0.2, 0.25) is 0 Å². The topological polar surface area (TPSA) is 28.2 Å². The summed E-state index contributed by atoms with van der Waals surface area (Å²) in [5.74, 6) is 1.18. The molecule has 1 N–H and O–H groups in total. The second kappa shape index (κ2) is 5.85. The molecule has 0 radical (unpaired) electrons. The summed E-state index contributed by atoms with van der Waals surface area (Å²) in [7, 11) is 1.99. The van der Waals surface area contributed by atoms with Crippen molar-refractivity contribution in [3.63, 3.8) is 0 Å². The smallest absolute Gasteiger partial charge is 0.133 e. The molecule has 0 unspecified atom stereocenters. The highest BCUT2D eigenvalue weighted by Gasteiger charge is 2.13. The fraction of sp³-hybridized carbons (Fsp3) is 0.615. The molecule has 3 nitrogen and oxygen atoms in total. The van der Waals surface area contributed by atoms with E-state index >= 15 is 0 Å². The first-order valence-electron chi connectivity index (χ1n) is 6.25. The van der Waals surface area contributed by atoms with Crippen molar-refractivity contribution in [2.24, 2.45) is 0 Å². The molecule has 2 rings (SSSR count). The number of pyridine rings is 1. The van der Waals surface area contributed by atoms with E-state index < -0.39 is 0 Å². The molecule has 1 saturated heterocycles. The van der Waals surface area contributed by atoms with E-state index in [-0.39, 0.29) is 0 Å². The van der Waals surface area contributed by atoms with Gasteiger partial charge in [-0.1, -0.05) is 18.9 Å². The van der Waals surface area contributed by atoms with Crippen molar-refractivity contribution < 1.29 is 0 Å². The summed E-state index contributed by atoms with van der Waals surface area (Å²) in [4.78, 5) is 6.99. The van der Waals surface area contributed by atoms with Crippen LogP contribution in [0.25, 0.3) is 0 Å². The predicted molar refractivity (Wildman–Crippen MR) is 67.7 cm³/mol. The molecule has 0 saturated carbocycles. The van der Waals surface area contributed by atoms with Crippen molar-refractivity contribution in [1.29, 1.82) is 0 Å². The van der Waals surface area contributed by atoms with Crippen LogP contribution in [0.1, 0.15) is 31.2 Å². The summed E-state index contributed by atoms with van der Waals surface area (Å²) in [5.41, 5.74) is 1.31. The normalized spacial score (nSPS) is 17.2. The number of aromatic nitrogens is 1. The molecule has 0 spiro atoms. The Hall–Kier alpha value is -1.09. The molecule has 0 aromatic carbocycles. The lowest BCUT2D eigenvalue weighted by Crippen LogP contribution is -2.26. The highest BCUT2D eigenvalue weighted by atomic mass is 15.2. The molecule has 16 heavy (non-hydrogen) atoms. The molecule has 1 aromatic heterocycles. The van der Waals surface area contributed by atoms with Gasteiger partial charge < -0.3 is 10.2 Å². The van der Waals surface area contributed by atoms with Gasteiger partial charge in [-0.3, -0.25) is 0 Å². The molecule has 1 aliphatic heterocycles. The van der Waals surface area contributed by atoms with Crippen molar-refractivity contribution in [3.8, 4) is 0 Å². The Bertz CT molecular complexity index is 317. The highest BCUT2D eigenvalue weighted by Crippen LogP contribution is 2.20. The molecular weight excluding hydrogens is 198 g/mol. The van der Waals surface area contributed by atoms with Crippen LogP contribution in [0.5, 0.6) is 0 Å². The SMILES string of the molecule is CNCc1cccnc1N1CCCCCC1. The Balaban J connectivity index is 2.16. The molecule has 1 fully saturated rings. The van der Waals surface area contributed by atoms with Crippen LogP contribution in [0, 0.1) is 0 Å². The molecule has 0 amide bonds. The number of nitrogens with zero attached hydrogens (tertiary/aromatic N) is 2. The average molecular weight is 219 g/mol. The van der Waals surface area contributed by atoms with Crippen molar-refractivity contribution in [2.75, 3.05) is 25.0 Å². The predicted octanol–water partition coefficient (Wildman–Crippen LogP) is 2.18. The Labute approximate surface area is 97.9 Å². The average Bonchev–Trinajstić information content (AvgIpc) is 2.59. The highest BCUT2D eigenvalue weighted by molar-refractivity contribution is 5.46. The molecule has 2 heterocycles. The molecule has 0 aliphatic carbocycles. The van der Waals surface area contributed by atoms with Crippen molar-refractivity contribution in [3.05, 3.63) is 23.9 Å². The van der Waals surface area contributed by atoms with E-state index in [4.69, 9.17) is 0 Å². The van der Waals surface area contributed by atoms with Crippen LogP contribution in [-0.4, -0.2) is 25.1 Å². The summed E-state index contributed by atoms with van der Waals surface area (Å²) < 4.78 is 0. The number of rotatable bonds is 3. The van der Waals surface area contributed by atoms with E-state index in [1.165, 1.54) is 37.1 Å². The van der Waals surface area contributed by atoms with E-state index in [0.29, 0.717) is 0 Å². The Kier molecular flexibility index (Phi) is 4.17. The van der Waals surface area contributed by atoms with Crippen LogP contribution in [0.4, 0.5) is 5.82 Å². The van der Waals surface area contributed by atoms with Gasteiger partial charge in [0, 0.05) is 31.4 Å². The summed E-state index contributed by atoms with van der Waals surface area (Å²) in [5, 5.41) is 3.21. The quantitative estimate of drug-likeness (QED) is 0.844. The molecular formula is C13H21N3. The second-order valence-electron chi connectivity index (χ2n) is 4.42. The van der Waals surface area contributed by atoms with Gasteiger partial charge in [0.1, 0.15) is 5.82 Å². The van der Waals surface area contributed by atoms with E-state index in [2.05, 4.69) is 21.3 Å². The van der Waals surface area contributed by atoms with Gasteiger partial charge in [0.25, 0.3) is 0 Å². The fourth-order valence-corrected chi connectivity index (χ4v) is 2.33. The molecule has 0 bridgehead atoms. The zero-order valence-corrected chi connectivity index (χ0v) is 10.1. The standard InChI is InChI=1S/C13H21N3/c1-14-11-12-7-6-8-15-13(12)16-9-4-2-3-5-10-16/h6-8,14H,2-5,9-11H2,1H3. The van der Waals surface area contributed by atoms with Crippen molar-refractivity contribution in [2.45, 2.75) is 32.2 Å². The lowest BCUT2D eigenvalue weighted by Gasteiger charge is -2.23. The maximum Gasteiger partial charge on any atom is 0.133 e. The van der Waals surface area contributed by atoms with Crippen molar-refractivity contribution >= 4 is 5.82 Å². The third-order valence-corrected chi connectivity index (χ3v) is 3.14. The van der Waals surface area contributed by atoms with Crippen LogP contribution >= 0.6 is 0 Å². The minimum absolute atomic E-state index is 0.902. The zero-order chi connectivity index (χ0) is 11.2. The lowest BCUT2D eigenvalue weighted by molar-refractivity contribution is 0.726. The molecule has 88 valence electrons. The largest absolute Gasteiger partial charge is 0.356 e. The maximum absolute atomic E-state index is 4.55. The summed E-state index contributed by atoms with van der Waals surface area (Å²) >= 11 is 0. The zero-order valence-electron chi connectivity index (χ0n) is 10.1. The first kappa shape index (κ1) is 11.4. The fourth-order valence-electron chi connectivity index (χ4n) is 2.33. The molecule has 1 aromatic rings.